The van der Waals surface area contributed by atoms with Gasteiger partial charge in [0.05, 0.1) is 18.2 Å². The van der Waals surface area contributed by atoms with E-state index in [-0.39, 0.29) is 24.3 Å². The van der Waals surface area contributed by atoms with Gasteiger partial charge in [-0.1, -0.05) is 16.8 Å². The van der Waals surface area contributed by atoms with Crippen LogP contribution in [0.15, 0.2) is 28.8 Å². The maximum absolute atomic E-state index is 12.0. The summed E-state index contributed by atoms with van der Waals surface area (Å²) in [4.78, 5) is 12.0. The first kappa shape index (κ1) is 17.6. The third-order valence-corrected chi connectivity index (χ3v) is 4.11. The van der Waals surface area contributed by atoms with Gasteiger partial charge in [-0.05, 0) is 25.0 Å². The standard InChI is InChI=1S/C17H19ClN2O5/c1-22-11-4-5-16(14(18)7-11)24-10-13-8-15(20-25-13)17(21)19-9-12-3-2-6-23-12/h4-5,7-8,12H,2-3,6,9-10H2,1H3,(H,19,21)/t12-/m1/s1. The number of nitrogens with zero attached hydrogens (tertiary/aromatic N) is 1. The van der Waals surface area contributed by atoms with E-state index in [1.165, 1.54) is 0 Å². The summed E-state index contributed by atoms with van der Waals surface area (Å²) in [7, 11) is 1.56. The summed E-state index contributed by atoms with van der Waals surface area (Å²) < 4.78 is 21.3. The fourth-order valence-corrected chi connectivity index (χ4v) is 2.69. The summed E-state index contributed by atoms with van der Waals surface area (Å²) in [6.45, 7) is 1.33. The predicted molar refractivity (Wildman–Crippen MR) is 90.1 cm³/mol. The van der Waals surface area contributed by atoms with Crippen LogP contribution in [0.1, 0.15) is 29.1 Å². The van der Waals surface area contributed by atoms with E-state index < -0.39 is 0 Å². The molecule has 0 spiro atoms. The summed E-state index contributed by atoms with van der Waals surface area (Å²) in [6, 6.07) is 6.64. The maximum Gasteiger partial charge on any atom is 0.273 e. The van der Waals surface area contributed by atoms with E-state index >= 15 is 0 Å². The van der Waals surface area contributed by atoms with Gasteiger partial charge in [0.15, 0.2) is 11.5 Å². The molecule has 1 atom stereocenters. The molecule has 0 saturated carbocycles. The van der Waals surface area contributed by atoms with Crippen molar-refractivity contribution in [2.75, 3.05) is 20.3 Å². The van der Waals surface area contributed by atoms with Gasteiger partial charge in [-0.25, -0.2) is 0 Å². The molecule has 7 nitrogen and oxygen atoms in total. The molecule has 0 radical (unpaired) electrons. The Balaban J connectivity index is 1.51. The summed E-state index contributed by atoms with van der Waals surface area (Å²) in [5.74, 6) is 1.26. The normalized spacial score (nSPS) is 16.6. The molecule has 1 aliphatic rings. The molecule has 134 valence electrons. The van der Waals surface area contributed by atoms with E-state index in [0.717, 1.165) is 19.4 Å². The van der Waals surface area contributed by atoms with Gasteiger partial charge in [0.1, 0.15) is 18.1 Å². The van der Waals surface area contributed by atoms with Crippen molar-refractivity contribution in [3.63, 3.8) is 0 Å². The van der Waals surface area contributed by atoms with Crippen LogP contribution in [0, 0.1) is 0 Å². The molecule has 1 aromatic heterocycles. The molecule has 2 aromatic rings. The lowest BCUT2D eigenvalue weighted by atomic mass is 10.2. The highest BCUT2D eigenvalue weighted by atomic mass is 35.5. The molecular formula is C17H19ClN2O5. The lowest BCUT2D eigenvalue weighted by Crippen LogP contribution is -2.31. The predicted octanol–water partition coefficient (Wildman–Crippen LogP) is 2.82. The Bertz CT molecular complexity index is 728. The fourth-order valence-electron chi connectivity index (χ4n) is 2.46. The van der Waals surface area contributed by atoms with E-state index in [2.05, 4.69) is 10.5 Å². The van der Waals surface area contributed by atoms with E-state index in [1.54, 1.807) is 31.4 Å². The first-order valence-electron chi connectivity index (χ1n) is 7.97. The van der Waals surface area contributed by atoms with Crippen LogP contribution >= 0.6 is 11.6 Å². The molecular weight excluding hydrogens is 348 g/mol. The Morgan fingerprint density at radius 3 is 3.04 bits per heavy atom. The summed E-state index contributed by atoms with van der Waals surface area (Å²) >= 11 is 6.11. The largest absolute Gasteiger partial charge is 0.497 e. The number of aromatic nitrogens is 1. The quantitative estimate of drug-likeness (QED) is 0.811. The molecule has 0 bridgehead atoms. The number of rotatable bonds is 7. The molecule has 0 aliphatic carbocycles. The van der Waals surface area contributed by atoms with Gasteiger partial charge in [-0.3, -0.25) is 4.79 Å². The van der Waals surface area contributed by atoms with Gasteiger partial charge in [0.2, 0.25) is 0 Å². The summed E-state index contributed by atoms with van der Waals surface area (Å²) in [6.07, 6.45) is 2.07. The Morgan fingerprint density at radius 1 is 1.44 bits per heavy atom. The average Bonchev–Trinajstić information content (AvgIpc) is 3.30. The minimum atomic E-state index is -0.298. The lowest BCUT2D eigenvalue weighted by Gasteiger charge is -2.09. The fraction of sp³-hybridized carbons (Fsp3) is 0.412. The van der Waals surface area contributed by atoms with Crippen molar-refractivity contribution in [1.29, 1.82) is 0 Å². The molecule has 8 heteroatoms. The van der Waals surface area contributed by atoms with Gasteiger partial charge in [-0.15, -0.1) is 0 Å². The second kappa shape index (κ2) is 8.22. The minimum absolute atomic E-state index is 0.0795. The van der Waals surface area contributed by atoms with Crippen molar-refractivity contribution in [2.45, 2.75) is 25.6 Å². The lowest BCUT2D eigenvalue weighted by molar-refractivity contribution is 0.0850. The Hall–Kier alpha value is -2.25. The van der Waals surface area contributed by atoms with Gasteiger partial charge in [0.25, 0.3) is 5.91 Å². The molecule has 0 unspecified atom stereocenters. The van der Waals surface area contributed by atoms with Gasteiger partial charge in [0, 0.05) is 25.3 Å². The third kappa shape index (κ3) is 4.64. The zero-order valence-corrected chi connectivity index (χ0v) is 14.5. The molecule has 1 aliphatic heterocycles. The van der Waals surface area contributed by atoms with Crippen LogP contribution in [0.25, 0.3) is 0 Å². The smallest absolute Gasteiger partial charge is 0.273 e. The number of ether oxygens (including phenoxy) is 3. The Labute approximate surface area is 150 Å². The molecule has 1 fully saturated rings. The molecule has 2 heterocycles. The highest BCUT2D eigenvalue weighted by Crippen LogP contribution is 2.29. The number of carbonyl (C=O) groups is 1. The Morgan fingerprint density at radius 2 is 2.32 bits per heavy atom. The number of nitrogens with one attached hydrogen (secondary N) is 1. The van der Waals surface area contributed by atoms with Crippen LogP contribution in [0.5, 0.6) is 11.5 Å². The van der Waals surface area contributed by atoms with Crippen LogP contribution < -0.4 is 14.8 Å². The number of methoxy groups -OCH3 is 1. The van der Waals surface area contributed by atoms with E-state index in [9.17, 15) is 4.79 Å². The number of carbonyl (C=O) groups excluding carboxylic acids is 1. The van der Waals surface area contributed by atoms with Gasteiger partial charge in [-0.2, -0.15) is 0 Å². The number of amides is 1. The first-order valence-corrected chi connectivity index (χ1v) is 8.35. The van der Waals surface area contributed by atoms with E-state index in [4.69, 9.17) is 30.3 Å². The second-order valence-electron chi connectivity index (χ2n) is 5.61. The number of halogens is 1. The highest BCUT2D eigenvalue weighted by molar-refractivity contribution is 6.32. The van der Waals surface area contributed by atoms with Gasteiger partial charge >= 0.3 is 0 Å². The van der Waals surface area contributed by atoms with Crippen molar-refractivity contribution in [2.24, 2.45) is 0 Å². The van der Waals surface area contributed by atoms with Crippen LogP contribution in [0.4, 0.5) is 0 Å². The number of hydrogen-bond acceptors (Lipinski definition) is 6. The van der Waals surface area contributed by atoms with Crippen molar-refractivity contribution in [3.05, 3.63) is 40.7 Å². The Kier molecular flexibility index (Phi) is 5.78. The summed E-state index contributed by atoms with van der Waals surface area (Å²) in [5.41, 5.74) is 0.206. The topological polar surface area (TPSA) is 82.8 Å². The molecule has 1 saturated heterocycles. The highest BCUT2D eigenvalue weighted by Gasteiger charge is 2.18. The SMILES string of the molecule is COc1ccc(OCc2cc(C(=O)NC[C@H]3CCCO3)no2)c(Cl)c1. The second-order valence-corrected chi connectivity index (χ2v) is 6.02. The molecule has 1 aromatic carbocycles. The van der Waals surface area contributed by atoms with Crippen LogP contribution in [0.2, 0.25) is 5.02 Å². The van der Waals surface area contributed by atoms with Crippen LogP contribution in [-0.2, 0) is 11.3 Å². The third-order valence-electron chi connectivity index (χ3n) is 3.81. The average molecular weight is 367 g/mol. The molecule has 1 N–H and O–H groups in total. The van der Waals surface area contributed by atoms with Crippen molar-refractivity contribution in [1.82, 2.24) is 10.5 Å². The van der Waals surface area contributed by atoms with E-state index in [0.29, 0.717) is 28.8 Å². The van der Waals surface area contributed by atoms with Gasteiger partial charge < -0.3 is 24.1 Å². The number of hydrogen-bond donors (Lipinski definition) is 1. The van der Waals surface area contributed by atoms with Crippen molar-refractivity contribution >= 4 is 17.5 Å². The van der Waals surface area contributed by atoms with E-state index in [1.807, 2.05) is 0 Å². The maximum atomic E-state index is 12.0. The molecule has 3 rings (SSSR count). The summed E-state index contributed by atoms with van der Waals surface area (Å²) in [5, 5.41) is 6.97. The number of benzene rings is 1. The van der Waals surface area contributed by atoms with Crippen molar-refractivity contribution in [3.8, 4) is 11.5 Å². The minimum Gasteiger partial charge on any atom is -0.497 e. The first-order chi connectivity index (χ1) is 12.2. The zero-order valence-electron chi connectivity index (χ0n) is 13.8. The molecule has 1 amide bonds. The van der Waals surface area contributed by atoms with Crippen LogP contribution in [0.3, 0.4) is 0 Å². The molecule has 25 heavy (non-hydrogen) atoms. The van der Waals surface area contributed by atoms with Crippen LogP contribution in [-0.4, -0.2) is 37.4 Å². The zero-order chi connectivity index (χ0) is 17.6. The monoisotopic (exact) mass is 366 g/mol. The van der Waals surface area contributed by atoms with Crippen molar-refractivity contribution < 1.29 is 23.5 Å².